The molecule has 0 aliphatic rings. The first kappa shape index (κ1) is 12.3. The monoisotopic (exact) mass is 244 g/mol. The molecule has 2 rings (SSSR count). The lowest BCUT2D eigenvalue weighted by atomic mass is 10.1. The second kappa shape index (κ2) is 5.43. The topological polar surface area (TPSA) is 53.6 Å². The fourth-order valence-corrected chi connectivity index (χ4v) is 1.70. The number of hydrogen-bond donors (Lipinski definition) is 1. The third-order valence-electron chi connectivity index (χ3n) is 2.74. The van der Waals surface area contributed by atoms with Gasteiger partial charge in [-0.05, 0) is 12.1 Å². The number of aryl methyl sites for hydroxylation is 1. The van der Waals surface area contributed by atoms with Crippen LogP contribution in [0.1, 0.15) is 16.8 Å². The minimum absolute atomic E-state index is 0.0785. The molecule has 0 bridgehead atoms. The Morgan fingerprint density at radius 1 is 1.39 bits per heavy atom. The van der Waals surface area contributed by atoms with Crippen molar-refractivity contribution < 1.29 is 4.39 Å². The van der Waals surface area contributed by atoms with Gasteiger partial charge >= 0.3 is 0 Å². The van der Waals surface area contributed by atoms with Crippen molar-refractivity contribution in [2.24, 2.45) is 7.05 Å². The van der Waals surface area contributed by atoms with Gasteiger partial charge in [0.05, 0.1) is 11.3 Å². The summed E-state index contributed by atoms with van der Waals surface area (Å²) >= 11 is 0. The van der Waals surface area contributed by atoms with Crippen LogP contribution in [0.2, 0.25) is 0 Å². The van der Waals surface area contributed by atoms with Gasteiger partial charge in [0.1, 0.15) is 11.9 Å². The van der Waals surface area contributed by atoms with Gasteiger partial charge in [-0.2, -0.15) is 10.4 Å². The first-order chi connectivity index (χ1) is 8.72. The molecule has 1 heterocycles. The third kappa shape index (κ3) is 2.55. The molecular weight excluding hydrogens is 231 g/mol. The predicted octanol–water partition coefficient (Wildman–Crippen LogP) is 1.72. The minimum atomic E-state index is -0.447. The largest absolute Gasteiger partial charge is 0.307 e. The van der Waals surface area contributed by atoms with Crippen molar-refractivity contribution in [2.75, 3.05) is 0 Å². The Bertz CT molecular complexity index is 583. The van der Waals surface area contributed by atoms with Crippen LogP contribution in [0.4, 0.5) is 4.39 Å². The summed E-state index contributed by atoms with van der Waals surface area (Å²) in [6.07, 6.45) is 1.72. The van der Waals surface area contributed by atoms with Gasteiger partial charge in [-0.15, -0.1) is 0 Å². The summed E-state index contributed by atoms with van der Waals surface area (Å²) in [4.78, 5) is 0. The molecule has 0 unspecified atom stereocenters. The average molecular weight is 244 g/mol. The number of nitrogens with one attached hydrogen (secondary N) is 1. The summed E-state index contributed by atoms with van der Waals surface area (Å²) in [5.41, 5.74) is 1.60. The molecule has 0 spiro atoms. The van der Waals surface area contributed by atoms with Crippen molar-refractivity contribution in [1.82, 2.24) is 15.1 Å². The Morgan fingerprint density at radius 3 is 2.89 bits per heavy atom. The second-order valence-electron chi connectivity index (χ2n) is 3.94. The van der Waals surface area contributed by atoms with E-state index in [1.165, 1.54) is 6.07 Å². The molecule has 2 aromatic rings. The molecule has 1 aromatic carbocycles. The molecular formula is C13H13FN4. The van der Waals surface area contributed by atoms with E-state index in [4.69, 9.17) is 5.26 Å². The lowest BCUT2D eigenvalue weighted by Crippen LogP contribution is -2.16. The van der Waals surface area contributed by atoms with Gasteiger partial charge in [-0.25, -0.2) is 4.39 Å². The van der Waals surface area contributed by atoms with Gasteiger partial charge in [0.15, 0.2) is 0 Å². The fourth-order valence-electron chi connectivity index (χ4n) is 1.70. The fraction of sp³-hybridized carbons (Fsp3) is 0.231. The van der Waals surface area contributed by atoms with Gasteiger partial charge in [-0.1, -0.05) is 12.1 Å². The van der Waals surface area contributed by atoms with Gasteiger partial charge in [-0.3, -0.25) is 4.68 Å². The zero-order valence-electron chi connectivity index (χ0n) is 10.0. The average Bonchev–Trinajstić information content (AvgIpc) is 2.77. The van der Waals surface area contributed by atoms with E-state index in [1.807, 2.05) is 19.2 Å². The lowest BCUT2D eigenvalue weighted by Gasteiger charge is -2.07. The maximum Gasteiger partial charge on any atom is 0.145 e. The highest BCUT2D eigenvalue weighted by molar-refractivity contribution is 5.34. The van der Waals surface area contributed by atoms with Crippen LogP contribution in [0.5, 0.6) is 0 Å². The molecule has 0 saturated carbocycles. The standard InChI is InChI=1S/C13H13FN4/c1-18-12(5-6-17-18)9-16-8-11-4-2-3-10(7-15)13(11)14/h2-6,16H,8-9H2,1H3. The zero-order chi connectivity index (χ0) is 13.0. The Balaban J connectivity index is 1.99. The van der Waals surface area contributed by atoms with Crippen LogP contribution in [-0.2, 0) is 20.1 Å². The first-order valence-corrected chi connectivity index (χ1v) is 5.57. The molecule has 18 heavy (non-hydrogen) atoms. The summed E-state index contributed by atoms with van der Waals surface area (Å²) in [6, 6.07) is 8.56. The van der Waals surface area contributed by atoms with Crippen LogP contribution in [0.15, 0.2) is 30.5 Å². The highest BCUT2D eigenvalue weighted by Crippen LogP contribution is 2.11. The van der Waals surface area contributed by atoms with E-state index in [0.29, 0.717) is 18.7 Å². The van der Waals surface area contributed by atoms with Crippen molar-refractivity contribution in [1.29, 1.82) is 5.26 Å². The Labute approximate surface area is 105 Å². The SMILES string of the molecule is Cn1nccc1CNCc1cccc(C#N)c1F. The van der Waals surface area contributed by atoms with Crippen molar-refractivity contribution in [3.8, 4) is 6.07 Å². The minimum Gasteiger partial charge on any atom is -0.307 e. The molecule has 4 nitrogen and oxygen atoms in total. The summed E-state index contributed by atoms with van der Waals surface area (Å²) < 4.78 is 15.5. The highest BCUT2D eigenvalue weighted by Gasteiger charge is 2.07. The summed E-state index contributed by atoms with van der Waals surface area (Å²) in [5.74, 6) is -0.447. The third-order valence-corrected chi connectivity index (χ3v) is 2.74. The van der Waals surface area contributed by atoms with Gasteiger partial charge in [0.25, 0.3) is 0 Å². The lowest BCUT2D eigenvalue weighted by molar-refractivity contribution is 0.574. The van der Waals surface area contributed by atoms with Crippen LogP contribution in [0.25, 0.3) is 0 Å². The Hall–Kier alpha value is -2.19. The number of halogens is 1. The molecule has 0 aliphatic heterocycles. The Morgan fingerprint density at radius 2 is 2.22 bits per heavy atom. The maximum atomic E-state index is 13.7. The van der Waals surface area contributed by atoms with E-state index in [0.717, 1.165) is 5.69 Å². The quantitative estimate of drug-likeness (QED) is 0.891. The van der Waals surface area contributed by atoms with E-state index in [1.54, 1.807) is 23.0 Å². The number of hydrogen-bond acceptors (Lipinski definition) is 3. The maximum absolute atomic E-state index is 13.7. The van der Waals surface area contributed by atoms with Crippen molar-refractivity contribution >= 4 is 0 Å². The van der Waals surface area contributed by atoms with Crippen molar-refractivity contribution in [2.45, 2.75) is 13.1 Å². The molecule has 0 radical (unpaired) electrons. The summed E-state index contributed by atoms with van der Waals surface area (Å²) in [7, 11) is 1.86. The molecule has 0 aliphatic carbocycles. The molecule has 5 heteroatoms. The van der Waals surface area contributed by atoms with Gasteiger partial charge in [0.2, 0.25) is 0 Å². The van der Waals surface area contributed by atoms with Gasteiger partial charge < -0.3 is 5.32 Å². The number of rotatable bonds is 4. The number of aromatic nitrogens is 2. The van der Waals surface area contributed by atoms with Gasteiger partial charge in [0, 0.05) is 31.9 Å². The molecule has 0 amide bonds. The smallest absolute Gasteiger partial charge is 0.145 e. The second-order valence-corrected chi connectivity index (χ2v) is 3.94. The van der Waals surface area contributed by atoms with Crippen LogP contribution in [0, 0.1) is 17.1 Å². The van der Waals surface area contributed by atoms with E-state index < -0.39 is 5.82 Å². The first-order valence-electron chi connectivity index (χ1n) is 5.57. The molecule has 1 N–H and O–H groups in total. The van der Waals surface area contributed by atoms with Crippen LogP contribution in [0.3, 0.4) is 0 Å². The molecule has 0 saturated heterocycles. The number of benzene rings is 1. The number of nitrogens with zero attached hydrogens (tertiary/aromatic N) is 3. The van der Waals surface area contributed by atoms with E-state index in [2.05, 4.69) is 10.4 Å². The summed E-state index contributed by atoms with van der Waals surface area (Å²) in [6.45, 7) is 0.985. The Kier molecular flexibility index (Phi) is 3.70. The normalized spacial score (nSPS) is 10.3. The molecule has 0 atom stereocenters. The highest BCUT2D eigenvalue weighted by atomic mass is 19.1. The summed E-state index contributed by atoms with van der Waals surface area (Å²) in [5, 5.41) is 15.9. The predicted molar refractivity (Wildman–Crippen MR) is 64.9 cm³/mol. The van der Waals surface area contributed by atoms with Crippen molar-refractivity contribution in [3.05, 3.63) is 53.1 Å². The van der Waals surface area contributed by atoms with Crippen LogP contribution < -0.4 is 5.32 Å². The van der Waals surface area contributed by atoms with Crippen LogP contribution >= 0.6 is 0 Å². The van der Waals surface area contributed by atoms with E-state index in [9.17, 15) is 4.39 Å². The molecule has 92 valence electrons. The van der Waals surface area contributed by atoms with E-state index >= 15 is 0 Å². The zero-order valence-corrected chi connectivity index (χ0v) is 10.0. The molecule has 1 aromatic heterocycles. The van der Waals surface area contributed by atoms with Crippen molar-refractivity contribution in [3.63, 3.8) is 0 Å². The van der Waals surface area contributed by atoms with Crippen LogP contribution in [-0.4, -0.2) is 9.78 Å². The van der Waals surface area contributed by atoms with E-state index in [-0.39, 0.29) is 5.56 Å². The molecule has 0 fully saturated rings. The number of nitriles is 1.